The molecular weight excluding hydrogens is 451 g/mol. The molecule has 35 heavy (non-hydrogen) atoms. The van der Waals surface area contributed by atoms with Crippen molar-refractivity contribution in [3.63, 3.8) is 0 Å². The third kappa shape index (κ3) is 5.16. The van der Waals surface area contributed by atoms with Gasteiger partial charge >= 0.3 is 0 Å². The van der Waals surface area contributed by atoms with Crippen molar-refractivity contribution in [3.8, 4) is 11.5 Å². The Labute approximate surface area is 202 Å². The molecule has 0 aromatic heterocycles. The molecule has 8 heteroatoms. The van der Waals surface area contributed by atoms with Gasteiger partial charge in [-0.15, -0.1) is 0 Å². The Bertz CT molecular complexity index is 1230. The maximum Gasteiger partial charge on any atom is 0.257 e. The normalized spacial score (nSPS) is 15.3. The van der Waals surface area contributed by atoms with E-state index in [2.05, 4.69) is 0 Å². The van der Waals surface area contributed by atoms with Crippen LogP contribution in [-0.4, -0.2) is 42.4 Å². The number of nitrogens with zero attached hydrogens (tertiary/aromatic N) is 2. The van der Waals surface area contributed by atoms with Crippen molar-refractivity contribution in [2.75, 3.05) is 18.6 Å². The Hall–Kier alpha value is -4.20. The van der Waals surface area contributed by atoms with Gasteiger partial charge in [0.2, 0.25) is 5.91 Å². The maximum atomic E-state index is 13.6. The van der Waals surface area contributed by atoms with Crippen LogP contribution in [0.3, 0.4) is 0 Å². The summed E-state index contributed by atoms with van der Waals surface area (Å²) in [6.07, 6.45) is -0.164. The zero-order chi connectivity index (χ0) is 24.9. The highest BCUT2D eigenvalue weighted by Crippen LogP contribution is 2.29. The zero-order valence-electron chi connectivity index (χ0n) is 19.4. The number of amides is 3. The van der Waals surface area contributed by atoms with E-state index in [1.807, 2.05) is 6.92 Å². The maximum absolute atomic E-state index is 13.6. The number of carbonyl (C=O) groups excluding carboxylic acids is 3. The van der Waals surface area contributed by atoms with Gasteiger partial charge in [0.05, 0.1) is 25.8 Å². The smallest absolute Gasteiger partial charge is 0.257 e. The third-order valence-electron chi connectivity index (χ3n) is 5.75. The van der Waals surface area contributed by atoms with Crippen molar-refractivity contribution in [3.05, 3.63) is 89.7 Å². The molecule has 3 aromatic carbocycles. The second-order valence-electron chi connectivity index (χ2n) is 8.01. The second kappa shape index (κ2) is 10.4. The summed E-state index contributed by atoms with van der Waals surface area (Å²) in [5, 5.41) is 0. The first-order valence-electron chi connectivity index (χ1n) is 11.2. The van der Waals surface area contributed by atoms with E-state index in [4.69, 9.17) is 9.47 Å². The fourth-order valence-electron chi connectivity index (χ4n) is 4.02. The molecule has 1 atom stereocenters. The number of benzene rings is 3. The van der Waals surface area contributed by atoms with Crippen LogP contribution >= 0.6 is 0 Å². The molecule has 1 aliphatic heterocycles. The molecule has 0 saturated carbocycles. The summed E-state index contributed by atoms with van der Waals surface area (Å²) in [6, 6.07) is 17.9. The Kier molecular flexibility index (Phi) is 7.10. The van der Waals surface area contributed by atoms with Crippen LogP contribution in [0.2, 0.25) is 0 Å². The van der Waals surface area contributed by atoms with Crippen LogP contribution in [0.4, 0.5) is 10.1 Å². The standard InChI is InChI=1S/C27H25FN2O5/c1-3-35-22-13-11-21(12-14-22)30-25(31)16-24(27(30)33)29(17-18-7-9-20(28)10-8-18)26(32)19-5-4-6-23(15-19)34-2/h4-15,24H,3,16-17H2,1-2H3. The van der Waals surface area contributed by atoms with E-state index in [1.165, 1.54) is 24.1 Å². The number of hydrogen-bond acceptors (Lipinski definition) is 5. The highest BCUT2D eigenvalue weighted by molar-refractivity contribution is 6.23. The first kappa shape index (κ1) is 23.9. The average Bonchev–Trinajstić information content (AvgIpc) is 3.17. The minimum absolute atomic E-state index is 0.0249. The first-order valence-corrected chi connectivity index (χ1v) is 11.2. The average molecular weight is 477 g/mol. The molecule has 1 saturated heterocycles. The summed E-state index contributed by atoms with van der Waals surface area (Å²) in [4.78, 5) is 42.4. The van der Waals surface area contributed by atoms with Crippen LogP contribution in [0.15, 0.2) is 72.8 Å². The van der Waals surface area contributed by atoms with Gasteiger partial charge in [-0.1, -0.05) is 18.2 Å². The van der Waals surface area contributed by atoms with E-state index in [-0.39, 0.29) is 13.0 Å². The molecule has 3 aromatic rings. The van der Waals surface area contributed by atoms with Gasteiger partial charge in [0.15, 0.2) is 0 Å². The van der Waals surface area contributed by atoms with Crippen molar-refractivity contribution in [1.29, 1.82) is 0 Å². The van der Waals surface area contributed by atoms with Gasteiger partial charge in [-0.3, -0.25) is 14.4 Å². The predicted octanol–water partition coefficient (Wildman–Crippen LogP) is 4.21. The molecule has 3 amide bonds. The number of carbonyl (C=O) groups is 3. The summed E-state index contributed by atoms with van der Waals surface area (Å²) in [7, 11) is 1.49. The largest absolute Gasteiger partial charge is 0.497 e. The third-order valence-corrected chi connectivity index (χ3v) is 5.75. The molecule has 4 rings (SSSR count). The molecule has 1 aliphatic rings. The topological polar surface area (TPSA) is 76.2 Å². The second-order valence-corrected chi connectivity index (χ2v) is 8.01. The van der Waals surface area contributed by atoms with Gasteiger partial charge in [-0.05, 0) is 67.1 Å². The molecule has 1 unspecified atom stereocenters. The van der Waals surface area contributed by atoms with Crippen molar-refractivity contribution in [2.45, 2.75) is 25.9 Å². The Morgan fingerprint density at radius 1 is 1.03 bits per heavy atom. The van der Waals surface area contributed by atoms with E-state index >= 15 is 0 Å². The lowest BCUT2D eigenvalue weighted by Crippen LogP contribution is -2.45. The molecule has 0 aliphatic carbocycles. The van der Waals surface area contributed by atoms with Crippen molar-refractivity contribution >= 4 is 23.4 Å². The molecule has 0 spiro atoms. The van der Waals surface area contributed by atoms with Crippen LogP contribution in [-0.2, 0) is 16.1 Å². The van der Waals surface area contributed by atoms with Gasteiger partial charge in [0.25, 0.3) is 11.8 Å². The molecule has 0 bridgehead atoms. The number of halogens is 1. The van der Waals surface area contributed by atoms with E-state index in [9.17, 15) is 18.8 Å². The lowest BCUT2D eigenvalue weighted by Gasteiger charge is -2.28. The van der Waals surface area contributed by atoms with Gasteiger partial charge in [0.1, 0.15) is 23.4 Å². The van der Waals surface area contributed by atoms with Gasteiger partial charge in [0, 0.05) is 12.1 Å². The van der Waals surface area contributed by atoms with Crippen molar-refractivity contribution in [1.82, 2.24) is 4.90 Å². The number of ether oxygens (including phenoxy) is 2. The fraction of sp³-hybridized carbons (Fsp3) is 0.222. The van der Waals surface area contributed by atoms with Crippen LogP contribution in [0.1, 0.15) is 29.3 Å². The Balaban J connectivity index is 1.66. The summed E-state index contributed by atoms with van der Waals surface area (Å²) in [6.45, 7) is 2.38. The number of rotatable bonds is 8. The highest BCUT2D eigenvalue weighted by atomic mass is 19.1. The van der Waals surface area contributed by atoms with Gasteiger partial charge in [-0.2, -0.15) is 0 Å². The van der Waals surface area contributed by atoms with E-state index in [0.29, 0.717) is 34.9 Å². The lowest BCUT2D eigenvalue weighted by molar-refractivity contribution is -0.122. The van der Waals surface area contributed by atoms with Gasteiger partial charge < -0.3 is 14.4 Å². The van der Waals surface area contributed by atoms with Crippen LogP contribution in [0, 0.1) is 5.82 Å². The zero-order valence-corrected chi connectivity index (χ0v) is 19.4. The van der Waals surface area contributed by atoms with Crippen LogP contribution in [0.5, 0.6) is 11.5 Å². The molecule has 1 fully saturated rings. The Morgan fingerprint density at radius 3 is 2.40 bits per heavy atom. The molecule has 180 valence electrons. The monoisotopic (exact) mass is 476 g/mol. The first-order chi connectivity index (χ1) is 16.9. The van der Waals surface area contributed by atoms with Crippen molar-refractivity contribution < 1.29 is 28.2 Å². The SMILES string of the molecule is CCOc1ccc(N2C(=O)CC(N(Cc3ccc(F)cc3)C(=O)c3cccc(OC)c3)C2=O)cc1. The van der Waals surface area contributed by atoms with Crippen molar-refractivity contribution in [2.24, 2.45) is 0 Å². The van der Waals surface area contributed by atoms with Crippen LogP contribution < -0.4 is 14.4 Å². The lowest BCUT2D eigenvalue weighted by atomic mass is 10.1. The summed E-state index contributed by atoms with van der Waals surface area (Å²) < 4.78 is 24.1. The quantitative estimate of drug-likeness (QED) is 0.456. The summed E-state index contributed by atoms with van der Waals surface area (Å²) in [5.41, 5.74) is 1.34. The molecule has 0 N–H and O–H groups in total. The number of hydrogen-bond donors (Lipinski definition) is 0. The van der Waals surface area contributed by atoms with Gasteiger partial charge in [-0.25, -0.2) is 9.29 Å². The van der Waals surface area contributed by atoms with E-state index in [1.54, 1.807) is 60.7 Å². The number of anilines is 1. The van der Waals surface area contributed by atoms with Crippen LogP contribution in [0.25, 0.3) is 0 Å². The molecular formula is C27H25FN2O5. The predicted molar refractivity (Wildman–Crippen MR) is 128 cm³/mol. The Morgan fingerprint density at radius 2 is 1.74 bits per heavy atom. The minimum Gasteiger partial charge on any atom is -0.497 e. The molecule has 0 radical (unpaired) electrons. The highest BCUT2D eigenvalue weighted by Gasteiger charge is 2.44. The van der Waals surface area contributed by atoms with E-state index in [0.717, 1.165) is 4.90 Å². The number of methoxy groups -OCH3 is 1. The minimum atomic E-state index is -1.02. The fourth-order valence-corrected chi connectivity index (χ4v) is 4.02. The molecule has 7 nitrogen and oxygen atoms in total. The van der Waals surface area contributed by atoms with E-state index < -0.39 is 29.6 Å². The molecule has 1 heterocycles. The summed E-state index contributed by atoms with van der Waals surface area (Å²) >= 11 is 0. The summed E-state index contributed by atoms with van der Waals surface area (Å²) in [5.74, 6) is -0.647. The number of imide groups is 1.